The zero-order valence-electron chi connectivity index (χ0n) is 10.5. The summed E-state index contributed by atoms with van der Waals surface area (Å²) < 4.78 is 14.9. The van der Waals surface area contributed by atoms with Crippen LogP contribution in [0.2, 0.25) is 0 Å². The van der Waals surface area contributed by atoms with E-state index in [0.717, 1.165) is 17.9 Å². The van der Waals surface area contributed by atoms with Crippen molar-refractivity contribution in [2.75, 3.05) is 6.54 Å². The smallest absolute Gasteiger partial charge is 0.141 e. The number of aryl methyl sites for hydroxylation is 1. The maximum atomic E-state index is 13.2. The first kappa shape index (κ1) is 12.6. The molecule has 2 heterocycles. The van der Waals surface area contributed by atoms with E-state index in [2.05, 4.69) is 20.4 Å². The normalized spacial score (nSPS) is 12.6. The van der Waals surface area contributed by atoms with E-state index in [1.807, 2.05) is 14.0 Å². The molecular formula is C12H16FN5. The summed E-state index contributed by atoms with van der Waals surface area (Å²) in [5.74, 6) is 0.526. The van der Waals surface area contributed by atoms with Crippen LogP contribution in [0.3, 0.4) is 0 Å². The highest BCUT2D eigenvalue weighted by atomic mass is 19.1. The van der Waals surface area contributed by atoms with Crippen molar-refractivity contribution in [1.29, 1.82) is 0 Å². The Hall–Kier alpha value is -1.82. The molecule has 18 heavy (non-hydrogen) atoms. The second-order valence-electron chi connectivity index (χ2n) is 4.05. The minimum Gasteiger partial charge on any atom is -0.310 e. The van der Waals surface area contributed by atoms with Gasteiger partial charge in [-0.25, -0.2) is 9.37 Å². The standard InChI is InChI=1S/C12H16FN5/c1-3-15-11(5-12-16-8-17-18(12)2)9-4-10(13)7-14-6-9/h4,6-8,11,15H,3,5H2,1-2H3. The van der Waals surface area contributed by atoms with E-state index < -0.39 is 0 Å². The minimum atomic E-state index is -0.326. The van der Waals surface area contributed by atoms with Crippen LogP contribution in [0.15, 0.2) is 24.8 Å². The third-order valence-corrected chi connectivity index (χ3v) is 2.77. The molecule has 1 unspecified atom stereocenters. The van der Waals surface area contributed by atoms with Crippen LogP contribution in [-0.4, -0.2) is 26.3 Å². The van der Waals surface area contributed by atoms with Crippen molar-refractivity contribution in [3.05, 3.63) is 42.0 Å². The highest BCUT2D eigenvalue weighted by molar-refractivity contribution is 5.16. The van der Waals surface area contributed by atoms with Crippen LogP contribution in [0, 0.1) is 5.82 Å². The van der Waals surface area contributed by atoms with Crippen molar-refractivity contribution in [3.8, 4) is 0 Å². The maximum absolute atomic E-state index is 13.2. The molecule has 0 aliphatic carbocycles. The molecule has 2 rings (SSSR count). The summed E-state index contributed by atoms with van der Waals surface area (Å²) in [6.07, 6.45) is 5.04. The third kappa shape index (κ3) is 2.89. The van der Waals surface area contributed by atoms with Crippen molar-refractivity contribution >= 4 is 0 Å². The van der Waals surface area contributed by atoms with Crippen LogP contribution in [-0.2, 0) is 13.5 Å². The van der Waals surface area contributed by atoms with Crippen LogP contribution >= 0.6 is 0 Å². The van der Waals surface area contributed by atoms with Crippen LogP contribution in [0.25, 0.3) is 0 Å². The van der Waals surface area contributed by atoms with E-state index in [-0.39, 0.29) is 11.9 Å². The monoisotopic (exact) mass is 249 g/mol. The number of hydrogen-bond donors (Lipinski definition) is 1. The summed E-state index contributed by atoms with van der Waals surface area (Å²) >= 11 is 0. The fraction of sp³-hybridized carbons (Fsp3) is 0.417. The first-order valence-corrected chi connectivity index (χ1v) is 5.87. The number of pyridine rings is 1. The summed E-state index contributed by atoms with van der Waals surface area (Å²) in [5.41, 5.74) is 0.819. The predicted octanol–water partition coefficient (Wildman–Crippen LogP) is 1.24. The Morgan fingerprint density at radius 3 is 2.89 bits per heavy atom. The average molecular weight is 249 g/mol. The van der Waals surface area contributed by atoms with Gasteiger partial charge in [-0.05, 0) is 18.2 Å². The minimum absolute atomic E-state index is 0.0129. The lowest BCUT2D eigenvalue weighted by molar-refractivity contribution is 0.515. The Bertz CT molecular complexity index is 511. The van der Waals surface area contributed by atoms with E-state index in [0.29, 0.717) is 6.42 Å². The molecule has 0 bridgehead atoms. The van der Waals surface area contributed by atoms with E-state index in [1.54, 1.807) is 10.9 Å². The average Bonchev–Trinajstić information content (AvgIpc) is 2.74. The van der Waals surface area contributed by atoms with E-state index in [9.17, 15) is 4.39 Å². The van der Waals surface area contributed by atoms with Gasteiger partial charge in [0.1, 0.15) is 18.0 Å². The molecule has 2 aromatic heterocycles. The summed E-state index contributed by atoms with van der Waals surface area (Å²) in [7, 11) is 1.84. The summed E-state index contributed by atoms with van der Waals surface area (Å²) in [6.45, 7) is 2.80. The van der Waals surface area contributed by atoms with Crippen molar-refractivity contribution in [1.82, 2.24) is 25.1 Å². The van der Waals surface area contributed by atoms with Crippen molar-refractivity contribution in [3.63, 3.8) is 0 Å². The van der Waals surface area contributed by atoms with Crippen molar-refractivity contribution in [2.24, 2.45) is 7.05 Å². The lowest BCUT2D eigenvalue weighted by atomic mass is 10.1. The second-order valence-corrected chi connectivity index (χ2v) is 4.05. The number of likely N-dealkylation sites (N-methyl/N-ethyl adjacent to an activating group) is 1. The zero-order valence-corrected chi connectivity index (χ0v) is 10.5. The van der Waals surface area contributed by atoms with Crippen LogP contribution in [0.4, 0.5) is 4.39 Å². The van der Waals surface area contributed by atoms with E-state index in [1.165, 1.54) is 18.6 Å². The fourth-order valence-corrected chi connectivity index (χ4v) is 1.86. The van der Waals surface area contributed by atoms with Gasteiger partial charge in [0.25, 0.3) is 0 Å². The highest BCUT2D eigenvalue weighted by Gasteiger charge is 2.15. The molecule has 0 saturated carbocycles. The number of hydrogen-bond acceptors (Lipinski definition) is 4. The second kappa shape index (κ2) is 5.68. The van der Waals surface area contributed by atoms with Gasteiger partial charge in [0.15, 0.2) is 0 Å². The third-order valence-electron chi connectivity index (χ3n) is 2.77. The summed E-state index contributed by atoms with van der Waals surface area (Å²) in [6, 6.07) is 1.48. The van der Waals surface area contributed by atoms with Gasteiger partial charge in [0, 0.05) is 25.7 Å². The van der Waals surface area contributed by atoms with Crippen LogP contribution in [0.5, 0.6) is 0 Å². The van der Waals surface area contributed by atoms with E-state index in [4.69, 9.17) is 0 Å². The van der Waals surface area contributed by atoms with Gasteiger partial charge in [-0.3, -0.25) is 9.67 Å². The van der Waals surface area contributed by atoms with Gasteiger partial charge >= 0.3 is 0 Å². The molecule has 0 spiro atoms. The van der Waals surface area contributed by atoms with Crippen molar-refractivity contribution in [2.45, 2.75) is 19.4 Å². The SMILES string of the molecule is CCNC(Cc1ncnn1C)c1cncc(F)c1. The Morgan fingerprint density at radius 1 is 1.44 bits per heavy atom. The number of nitrogens with one attached hydrogen (secondary N) is 1. The largest absolute Gasteiger partial charge is 0.310 e. The number of halogens is 1. The number of aromatic nitrogens is 4. The van der Waals surface area contributed by atoms with Gasteiger partial charge in [0.05, 0.1) is 6.20 Å². The molecule has 0 saturated heterocycles. The first-order chi connectivity index (χ1) is 8.70. The molecule has 6 heteroatoms. The molecule has 96 valence electrons. The number of rotatable bonds is 5. The number of nitrogens with zero attached hydrogens (tertiary/aromatic N) is 4. The summed E-state index contributed by atoms with van der Waals surface area (Å²) in [4.78, 5) is 8.06. The highest BCUT2D eigenvalue weighted by Crippen LogP contribution is 2.17. The topological polar surface area (TPSA) is 55.6 Å². The Balaban J connectivity index is 2.20. The van der Waals surface area contributed by atoms with Gasteiger partial charge in [-0.15, -0.1) is 0 Å². The first-order valence-electron chi connectivity index (χ1n) is 5.87. The quantitative estimate of drug-likeness (QED) is 0.866. The fourth-order valence-electron chi connectivity index (χ4n) is 1.86. The predicted molar refractivity (Wildman–Crippen MR) is 65.3 cm³/mol. The molecule has 0 radical (unpaired) electrons. The van der Waals surface area contributed by atoms with Crippen LogP contribution in [0.1, 0.15) is 24.4 Å². The molecule has 0 fully saturated rings. The molecular weight excluding hydrogens is 233 g/mol. The molecule has 0 amide bonds. The molecule has 0 aliphatic heterocycles. The zero-order chi connectivity index (χ0) is 13.0. The lowest BCUT2D eigenvalue weighted by Gasteiger charge is -2.17. The van der Waals surface area contributed by atoms with Gasteiger partial charge in [-0.1, -0.05) is 6.92 Å². The van der Waals surface area contributed by atoms with E-state index >= 15 is 0 Å². The molecule has 1 atom stereocenters. The lowest BCUT2D eigenvalue weighted by Crippen LogP contribution is -2.24. The molecule has 5 nitrogen and oxygen atoms in total. The maximum Gasteiger partial charge on any atom is 0.141 e. The van der Waals surface area contributed by atoms with Gasteiger partial charge in [-0.2, -0.15) is 5.10 Å². The van der Waals surface area contributed by atoms with Gasteiger partial charge in [0.2, 0.25) is 0 Å². The molecule has 0 aromatic carbocycles. The molecule has 0 aliphatic rings. The molecule has 1 N–H and O–H groups in total. The Kier molecular flexibility index (Phi) is 3.99. The Labute approximate surface area is 105 Å². The van der Waals surface area contributed by atoms with Crippen molar-refractivity contribution < 1.29 is 4.39 Å². The van der Waals surface area contributed by atoms with Gasteiger partial charge < -0.3 is 5.32 Å². The summed E-state index contributed by atoms with van der Waals surface area (Å²) in [5, 5.41) is 7.33. The molecule has 2 aromatic rings. The Morgan fingerprint density at radius 2 is 2.28 bits per heavy atom. The van der Waals surface area contributed by atoms with Crippen LogP contribution < -0.4 is 5.32 Å².